The maximum absolute atomic E-state index is 13.1. The van der Waals surface area contributed by atoms with Gasteiger partial charge in [-0.25, -0.2) is 0 Å². The summed E-state index contributed by atoms with van der Waals surface area (Å²) in [6, 6.07) is 6.40. The minimum absolute atomic E-state index is 0.0445. The van der Waals surface area contributed by atoms with Crippen molar-refractivity contribution in [1.82, 2.24) is 5.32 Å². The predicted molar refractivity (Wildman–Crippen MR) is 108 cm³/mol. The largest absolute Gasteiger partial charge is 0.478 e. The van der Waals surface area contributed by atoms with Crippen molar-refractivity contribution in [2.45, 2.75) is 64.0 Å². The average molecular weight is 388 g/mol. The van der Waals surface area contributed by atoms with Gasteiger partial charge in [0.2, 0.25) is 0 Å². The smallest absolute Gasteiger partial charge is 0.263 e. The first-order valence-corrected chi connectivity index (χ1v) is 10.8. The number of carbonyl (C=O) groups excluding carboxylic acids is 1. The molecular formula is C23H33NO4. The first-order chi connectivity index (χ1) is 13.5. The molecule has 2 saturated heterocycles. The molecular weight excluding hydrogens is 354 g/mol. The van der Waals surface area contributed by atoms with Gasteiger partial charge >= 0.3 is 0 Å². The van der Waals surface area contributed by atoms with Crippen LogP contribution < -0.4 is 10.1 Å². The van der Waals surface area contributed by atoms with Crippen molar-refractivity contribution in [3.63, 3.8) is 0 Å². The molecule has 1 aromatic rings. The minimum atomic E-state index is -0.911. The zero-order valence-electron chi connectivity index (χ0n) is 17.2. The topological polar surface area (TPSA) is 56.8 Å². The lowest BCUT2D eigenvalue weighted by Gasteiger charge is -2.40. The van der Waals surface area contributed by atoms with E-state index in [1.165, 1.54) is 17.5 Å². The van der Waals surface area contributed by atoms with Crippen LogP contribution in [-0.4, -0.2) is 44.0 Å². The predicted octanol–water partition coefficient (Wildman–Crippen LogP) is 3.28. The van der Waals surface area contributed by atoms with Gasteiger partial charge in [0.15, 0.2) is 5.60 Å². The van der Waals surface area contributed by atoms with Crippen LogP contribution in [0.15, 0.2) is 18.2 Å². The summed E-state index contributed by atoms with van der Waals surface area (Å²) in [6.07, 6.45) is 6.43. The number of rotatable bonds is 5. The molecule has 5 heteroatoms. The Morgan fingerprint density at radius 1 is 1.07 bits per heavy atom. The van der Waals surface area contributed by atoms with E-state index in [2.05, 4.69) is 17.4 Å². The monoisotopic (exact) mass is 387 g/mol. The Hall–Kier alpha value is -1.59. The van der Waals surface area contributed by atoms with Gasteiger partial charge in [-0.1, -0.05) is 6.07 Å². The Morgan fingerprint density at radius 2 is 1.82 bits per heavy atom. The van der Waals surface area contributed by atoms with E-state index >= 15 is 0 Å². The van der Waals surface area contributed by atoms with E-state index in [0.29, 0.717) is 18.4 Å². The lowest BCUT2D eigenvalue weighted by atomic mass is 9.79. The van der Waals surface area contributed by atoms with E-state index in [4.69, 9.17) is 14.2 Å². The maximum atomic E-state index is 13.1. The summed E-state index contributed by atoms with van der Waals surface area (Å²) in [7, 11) is 0. The zero-order valence-corrected chi connectivity index (χ0v) is 17.2. The molecule has 2 fully saturated rings. The number of carbonyl (C=O) groups is 1. The standard InChI is InChI=1S/C23H33NO4/c1-23(2,28-19-7-6-16-4-3-5-18(16)14-19)22(25)24-21-10-13-27-15-20(21)17-8-11-26-12-9-17/h6-7,14,17,20-21H,3-5,8-13,15H2,1-2H3,(H,24,25)/t20-,21-/m1/s1. The SMILES string of the molecule is CC(C)(Oc1ccc2c(c1)CCC2)C(=O)N[C@@H]1CCOC[C@@H]1C1CCOCC1. The Labute approximate surface area is 168 Å². The molecule has 0 saturated carbocycles. The number of benzene rings is 1. The summed E-state index contributed by atoms with van der Waals surface area (Å²) in [5.74, 6) is 1.66. The number of hydrogen-bond acceptors (Lipinski definition) is 4. The fourth-order valence-electron chi connectivity index (χ4n) is 4.84. The summed E-state index contributed by atoms with van der Waals surface area (Å²) in [5.41, 5.74) is 1.86. The minimum Gasteiger partial charge on any atom is -0.478 e. The highest BCUT2D eigenvalue weighted by Gasteiger charge is 2.38. The van der Waals surface area contributed by atoms with Crippen LogP contribution in [0.1, 0.15) is 50.7 Å². The van der Waals surface area contributed by atoms with Crippen molar-refractivity contribution >= 4 is 5.91 Å². The molecule has 1 amide bonds. The second kappa shape index (κ2) is 8.42. The highest BCUT2D eigenvalue weighted by atomic mass is 16.5. The van der Waals surface area contributed by atoms with Gasteiger partial charge < -0.3 is 19.5 Å². The third-order valence-corrected chi connectivity index (χ3v) is 6.58. The highest BCUT2D eigenvalue weighted by Crippen LogP contribution is 2.31. The molecule has 0 spiro atoms. The van der Waals surface area contributed by atoms with Gasteiger partial charge in [-0.2, -0.15) is 0 Å². The molecule has 2 heterocycles. The number of fused-ring (bicyclic) bond motifs is 1. The highest BCUT2D eigenvalue weighted by molar-refractivity contribution is 5.85. The van der Waals surface area contributed by atoms with Gasteiger partial charge in [0.25, 0.3) is 5.91 Å². The molecule has 0 radical (unpaired) electrons. The lowest BCUT2D eigenvalue weighted by molar-refractivity contribution is -0.137. The van der Waals surface area contributed by atoms with Crippen molar-refractivity contribution in [3.05, 3.63) is 29.3 Å². The Balaban J connectivity index is 1.40. The molecule has 1 aromatic carbocycles. The van der Waals surface area contributed by atoms with Crippen molar-refractivity contribution in [3.8, 4) is 5.75 Å². The van der Waals surface area contributed by atoms with E-state index < -0.39 is 5.60 Å². The van der Waals surface area contributed by atoms with Crippen LogP contribution >= 0.6 is 0 Å². The van der Waals surface area contributed by atoms with E-state index in [0.717, 1.165) is 57.7 Å². The second-order valence-electron chi connectivity index (χ2n) is 8.95. The van der Waals surface area contributed by atoms with Gasteiger partial charge in [-0.15, -0.1) is 0 Å². The molecule has 28 heavy (non-hydrogen) atoms. The number of aryl methyl sites for hydroxylation is 2. The third kappa shape index (κ3) is 4.36. The summed E-state index contributed by atoms with van der Waals surface area (Å²) in [6.45, 7) is 6.78. The first-order valence-electron chi connectivity index (χ1n) is 10.8. The van der Waals surface area contributed by atoms with Gasteiger partial charge in [-0.3, -0.25) is 4.79 Å². The maximum Gasteiger partial charge on any atom is 0.263 e. The molecule has 154 valence electrons. The Morgan fingerprint density at radius 3 is 2.64 bits per heavy atom. The molecule has 0 aromatic heterocycles. The van der Waals surface area contributed by atoms with Crippen LogP contribution in [0.3, 0.4) is 0 Å². The molecule has 1 aliphatic carbocycles. The Bertz CT molecular complexity index is 696. The number of nitrogens with one attached hydrogen (secondary N) is 1. The molecule has 0 unspecified atom stereocenters. The van der Waals surface area contributed by atoms with Crippen molar-refractivity contribution in [1.29, 1.82) is 0 Å². The van der Waals surface area contributed by atoms with Gasteiger partial charge in [-0.05, 0) is 81.5 Å². The average Bonchev–Trinajstić information content (AvgIpc) is 3.16. The first kappa shape index (κ1) is 19.7. The fourth-order valence-corrected chi connectivity index (χ4v) is 4.84. The number of amides is 1. The quantitative estimate of drug-likeness (QED) is 0.842. The van der Waals surface area contributed by atoms with Crippen LogP contribution in [0, 0.1) is 11.8 Å². The van der Waals surface area contributed by atoms with E-state index in [1.54, 1.807) is 0 Å². The van der Waals surface area contributed by atoms with E-state index in [1.807, 2.05) is 19.9 Å². The van der Waals surface area contributed by atoms with Crippen LogP contribution in [0.5, 0.6) is 5.75 Å². The summed E-state index contributed by atoms with van der Waals surface area (Å²) < 4.78 is 17.4. The summed E-state index contributed by atoms with van der Waals surface area (Å²) >= 11 is 0. The van der Waals surface area contributed by atoms with Gasteiger partial charge in [0, 0.05) is 31.8 Å². The van der Waals surface area contributed by atoms with Crippen LogP contribution in [0.25, 0.3) is 0 Å². The third-order valence-electron chi connectivity index (χ3n) is 6.58. The zero-order chi connectivity index (χ0) is 19.6. The molecule has 5 nitrogen and oxygen atoms in total. The molecule has 0 bridgehead atoms. The number of ether oxygens (including phenoxy) is 3. The summed E-state index contributed by atoms with van der Waals surface area (Å²) in [5, 5.41) is 3.29. The van der Waals surface area contributed by atoms with Crippen LogP contribution in [-0.2, 0) is 27.1 Å². The molecule has 3 aliphatic rings. The van der Waals surface area contributed by atoms with Crippen molar-refractivity contribution < 1.29 is 19.0 Å². The normalized spacial score (nSPS) is 25.9. The van der Waals surface area contributed by atoms with E-state index in [9.17, 15) is 4.79 Å². The fraction of sp³-hybridized carbons (Fsp3) is 0.696. The van der Waals surface area contributed by atoms with Crippen molar-refractivity contribution in [2.75, 3.05) is 26.4 Å². The molecule has 2 aliphatic heterocycles. The van der Waals surface area contributed by atoms with Gasteiger partial charge in [0.05, 0.1) is 6.61 Å². The van der Waals surface area contributed by atoms with Crippen LogP contribution in [0.2, 0.25) is 0 Å². The Kier molecular flexibility index (Phi) is 5.93. The van der Waals surface area contributed by atoms with Crippen LogP contribution in [0.4, 0.5) is 0 Å². The van der Waals surface area contributed by atoms with E-state index in [-0.39, 0.29) is 11.9 Å². The second-order valence-corrected chi connectivity index (χ2v) is 8.95. The summed E-state index contributed by atoms with van der Waals surface area (Å²) in [4.78, 5) is 13.1. The molecule has 4 rings (SSSR count). The lowest BCUT2D eigenvalue weighted by Crippen LogP contribution is -2.55. The molecule has 2 atom stereocenters. The molecule has 1 N–H and O–H groups in total. The van der Waals surface area contributed by atoms with Gasteiger partial charge in [0.1, 0.15) is 5.75 Å². The number of hydrogen-bond donors (Lipinski definition) is 1. The van der Waals surface area contributed by atoms with Crippen molar-refractivity contribution in [2.24, 2.45) is 11.8 Å².